The lowest BCUT2D eigenvalue weighted by molar-refractivity contribution is 0.114. The van der Waals surface area contributed by atoms with E-state index in [-0.39, 0.29) is 11.4 Å². The first kappa shape index (κ1) is 18.3. The second-order valence-electron chi connectivity index (χ2n) is 8.52. The molecule has 2 aromatic carbocycles. The predicted octanol–water partition coefficient (Wildman–Crippen LogP) is 4.58. The molecule has 2 atom stereocenters. The number of halogens is 1. The van der Waals surface area contributed by atoms with E-state index in [0.29, 0.717) is 11.8 Å². The van der Waals surface area contributed by atoms with E-state index in [9.17, 15) is 9.18 Å². The van der Waals surface area contributed by atoms with E-state index in [4.69, 9.17) is 0 Å². The van der Waals surface area contributed by atoms with Gasteiger partial charge in [-0.2, -0.15) is 0 Å². The molecule has 0 saturated carbocycles. The van der Waals surface area contributed by atoms with Crippen LogP contribution in [0.4, 0.5) is 4.39 Å². The minimum absolute atomic E-state index is 0.137. The van der Waals surface area contributed by atoms with Gasteiger partial charge in [-0.25, -0.2) is 4.39 Å². The molecule has 0 unspecified atom stereocenters. The highest BCUT2D eigenvalue weighted by molar-refractivity contribution is 5.66. The third kappa shape index (κ3) is 3.42. The van der Waals surface area contributed by atoms with Gasteiger partial charge in [0.15, 0.2) is 0 Å². The summed E-state index contributed by atoms with van der Waals surface area (Å²) in [5.74, 6) is 0.662. The fourth-order valence-electron chi connectivity index (χ4n) is 5.10. The van der Waals surface area contributed by atoms with E-state index in [0.717, 1.165) is 60.5 Å². The van der Waals surface area contributed by atoms with Gasteiger partial charge in [-0.05, 0) is 60.2 Å². The van der Waals surface area contributed by atoms with Crippen molar-refractivity contribution < 1.29 is 4.39 Å². The Kier molecular flexibility index (Phi) is 4.59. The van der Waals surface area contributed by atoms with E-state index in [1.165, 1.54) is 12.1 Å². The Bertz CT molecular complexity index is 1100. The first-order valence-corrected chi connectivity index (χ1v) is 10.3. The SMILES string of the molecule is Cc1ccccc1-c1ccc2n(c1=O)C[C@H]1C[C@@H]2CN(Cc2ccc(F)cc2)C1. The minimum atomic E-state index is -0.193. The molecule has 3 heterocycles. The Balaban J connectivity index is 1.43. The summed E-state index contributed by atoms with van der Waals surface area (Å²) in [7, 11) is 0. The highest BCUT2D eigenvalue weighted by atomic mass is 19.1. The molecule has 1 saturated heterocycles. The second-order valence-corrected chi connectivity index (χ2v) is 8.52. The quantitative estimate of drug-likeness (QED) is 0.656. The zero-order chi connectivity index (χ0) is 20.0. The molecule has 0 spiro atoms. The summed E-state index contributed by atoms with van der Waals surface area (Å²) in [6, 6.07) is 19.1. The van der Waals surface area contributed by atoms with Gasteiger partial charge in [0, 0.05) is 43.4 Å². The summed E-state index contributed by atoms with van der Waals surface area (Å²) in [6.45, 7) is 5.59. The lowest BCUT2D eigenvalue weighted by atomic mass is 9.82. The lowest BCUT2D eigenvalue weighted by Gasteiger charge is -2.43. The number of hydrogen-bond acceptors (Lipinski definition) is 2. The maximum absolute atomic E-state index is 13.3. The van der Waals surface area contributed by atoms with Crippen LogP contribution in [-0.2, 0) is 13.1 Å². The largest absolute Gasteiger partial charge is 0.311 e. The highest BCUT2D eigenvalue weighted by Gasteiger charge is 2.35. The van der Waals surface area contributed by atoms with Crippen molar-refractivity contribution in [1.82, 2.24) is 9.47 Å². The molecule has 3 aromatic rings. The summed E-state index contributed by atoms with van der Waals surface area (Å²) in [5.41, 5.74) is 5.40. The molecule has 2 bridgehead atoms. The molecule has 2 aliphatic rings. The molecule has 0 aliphatic carbocycles. The molecule has 1 fully saturated rings. The van der Waals surface area contributed by atoms with Gasteiger partial charge in [0.1, 0.15) is 5.82 Å². The normalized spacial score (nSPS) is 21.0. The first-order valence-electron chi connectivity index (χ1n) is 10.3. The Hall–Kier alpha value is -2.72. The van der Waals surface area contributed by atoms with Gasteiger partial charge in [-0.15, -0.1) is 0 Å². The molecule has 29 heavy (non-hydrogen) atoms. The van der Waals surface area contributed by atoms with Crippen LogP contribution in [0.2, 0.25) is 0 Å². The molecule has 148 valence electrons. The Morgan fingerprint density at radius 1 is 0.931 bits per heavy atom. The lowest BCUT2D eigenvalue weighted by Crippen LogP contribution is -2.46. The zero-order valence-corrected chi connectivity index (χ0v) is 16.6. The molecular formula is C25H25FN2O. The monoisotopic (exact) mass is 388 g/mol. The van der Waals surface area contributed by atoms with Crippen LogP contribution in [0.3, 0.4) is 0 Å². The number of rotatable bonds is 3. The number of nitrogens with zero attached hydrogens (tertiary/aromatic N) is 2. The van der Waals surface area contributed by atoms with Crippen LogP contribution in [-0.4, -0.2) is 22.6 Å². The molecule has 0 N–H and O–H groups in total. The maximum atomic E-state index is 13.3. The van der Waals surface area contributed by atoms with E-state index in [1.54, 1.807) is 0 Å². The van der Waals surface area contributed by atoms with Crippen LogP contribution < -0.4 is 5.56 Å². The topological polar surface area (TPSA) is 25.2 Å². The fourth-order valence-corrected chi connectivity index (χ4v) is 5.10. The summed E-state index contributed by atoms with van der Waals surface area (Å²) < 4.78 is 15.2. The predicted molar refractivity (Wildman–Crippen MR) is 113 cm³/mol. The standard InChI is InChI=1S/C25H25FN2O/c1-17-4-2-3-5-22(17)23-10-11-24-20-12-19(15-28(24)25(23)29)14-27(16-20)13-18-6-8-21(26)9-7-18/h2-11,19-20H,12-16H2,1H3/t19-,20+/m0/s1. The second kappa shape index (κ2) is 7.27. The van der Waals surface area contributed by atoms with E-state index in [2.05, 4.69) is 24.0 Å². The molecular weight excluding hydrogens is 363 g/mol. The molecule has 0 radical (unpaired) electrons. The van der Waals surface area contributed by atoms with Crippen molar-refractivity contribution >= 4 is 0 Å². The summed E-state index contributed by atoms with van der Waals surface area (Å²) >= 11 is 0. The number of hydrogen-bond donors (Lipinski definition) is 0. The van der Waals surface area contributed by atoms with Gasteiger partial charge >= 0.3 is 0 Å². The summed E-state index contributed by atoms with van der Waals surface area (Å²) in [6.07, 6.45) is 1.14. The average molecular weight is 388 g/mol. The molecule has 0 amide bonds. The number of pyridine rings is 1. The molecule has 2 aliphatic heterocycles. The molecule has 5 rings (SSSR count). The van der Waals surface area contributed by atoms with E-state index in [1.807, 2.05) is 41.0 Å². The number of piperidine rings is 1. The van der Waals surface area contributed by atoms with Crippen LogP contribution in [0, 0.1) is 18.7 Å². The van der Waals surface area contributed by atoms with Crippen molar-refractivity contribution in [1.29, 1.82) is 0 Å². The molecule has 4 heteroatoms. The third-order valence-electron chi connectivity index (χ3n) is 6.43. The zero-order valence-electron chi connectivity index (χ0n) is 16.6. The van der Waals surface area contributed by atoms with Crippen molar-refractivity contribution in [2.24, 2.45) is 5.92 Å². The average Bonchev–Trinajstić information content (AvgIpc) is 2.71. The van der Waals surface area contributed by atoms with Crippen LogP contribution in [0.5, 0.6) is 0 Å². The van der Waals surface area contributed by atoms with Crippen molar-refractivity contribution in [3.05, 3.63) is 93.7 Å². The Morgan fingerprint density at radius 3 is 2.52 bits per heavy atom. The van der Waals surface area contributed by atoms with Crippen LogP contribution in [0.25, 0.3) is 11.1 Å². The van der Waals surface area contributed by atoms with Gasteiger partial charge in [0.05, 0.1) is 0 Å². The van der Waals surface area contributed by atoms with Gasteiger partial charge < -0.3 is 4.57 Å². The number of fused-ring (bicyclic) bond motifs is 4. The van der Waals surface area contributed by atoms with Gasteiger partial charge in [0.25, 0.3) is 5.56 Å². The maximum Gasteiger partial charge on any atom is 0.258 e. The third-order valence-corrected chi connectivity index (χ3v) is 6.43. The number of likely N-dealkylation sites (tertiary alicyclic amines) is 1. The molecule has 1 aromatic heterocycles. The van der Waals surface area contributed by atoms with Crippen molar-refractivity contribution in [3.8, 4) is 11.1 Å². The van der Waals surface area contributed by atoms with Gasteiger partial charge in [-0.1, -0.05) is 36.4 Å². The van der Waals surface area contributed by atoms with Crippen LogP contribution in [0.1, 0.15) is 29.2 Å². The van der Waals surface area contributed by atoms with Gasteiger partial charge in [-0.3, -0.25) is 9.69 Å². The summed E-state index contributed by atoms with van der Waals surface area (Å²) in [5, 5.41) is 0. The Morgan fingerprint density at radius 2 is 1.72 bits per heavy atom. The van der Waals surface area contributed by atoms with Crippen molar-refractivity contribution in [2.75, 3.05) is 13.1 Å². The van der Waals surface area contributed by atoms with Crippen LogP contribution in [0.15, 0.2) is 65.5 Å². The highest BCUT2D eigenvalue weighted by Crippen LogP contribution is 2.36. The Labute approximate surface area is 170 Å². The van der Waals surface area contributed by atoms with E-state index >= 15 is 0 Å². The number of aromatic nitrogens is 1. The summed E-state index contributed by atoms with van der Waals surface area (Å²) in [4.78, 5) is 15.8. The first-order chi connectivity index (χ1) is 14.1. The van der Waals surface area contributed by atoms with Crippen molar-refractivity contribution in [2.45, 2.75) is 32.4 Å². The van der Waals surface area contributed by atoms with Crippen molar-refractivity contribution in [3.63, 3.8) is 0 Å². The van der Waals surface area contributed by atoms with Crippen LogP contribution >= 0.6 is 0 Å². The minimum Gasteiger partial charge on any atom is -0.311 e. The number of benzene rings is 2. The number of aryl methyl sites for hydroxylation is 1. The van der Waals surface area contributed by atoms with E-state index < -0.39 is 0 Å². The smallest absolute Gasteiger partial charge is 0.258 e. The van der Waals surface area contributed by atoms with Gasteiger partial charge in [0.2, 0.25) is 0 Å². The fraction of sp³-hybridized carbons (Fsp3) is 0.320. The molecule has 3 nitrogen and oxygen atoms in total.